The highest BCUT2D eigenvalue weighted by atomic mass is 16.3. The second-order valence-electron chi connectivity index (χ2n) is 9.01. The molecule has 3 aliphatic rings. The van der Waals surface area contributed by atoms with Gasteiger partial charge in [-0.05, 0) is 66.3 Å². The van der Waals surface area contributed by atoms with Crippen LogP contribution in [0.25, 0.3) is 0 Å². The predicted octanol–water partition coefficient (Wildman–Crippen LogP) is 5.11. The van der Waals surface area contributed by atoms with Crippen LogP contribution in [0.1, 0.15) is 66.7 Å². The van der Waals surface area contributed by atoms with Crippen LogP contribution < -0.4 is 0 Å². The Bertz CT molecular complexity index is 482. The summed E-state index contributed by atoms with van der Waals surface area (Å²) < 4.78 is 0. The molecule has 1 nitrogen and oxygen atoms in total. The lowest BCUT2D eigenvalue weighted by Crippen LogP contribution is -2.52. The van der Waals surface area contributed by atoms with Crippen LogP contribution in [0.5, 0.6) is 0 Å². The minimum atomic E-state index is -0.115. The summed E-state index contributed by atoms with van der Waals surface area (Å²) in [4.78, 5) is 0. The maximum absolute atomic E-state index is 10.4. The summed E-state index contributed by atoms with van der Waals surface area (Å²) in [6.45, 7) is 11.8. The number of rotatable bonds is 1. The van der Waals surface area contributed by atoms with Gasteiger partial charge in [0.25, 0.3) is 0 Å². The van der Waals surface area contributed by atoms with Crippen molar-refractivity contribution >= 4 is 0 Å². The summed E-state index contributed by atoms with van der Waals surface area (Å²) in [5.74, 6) is 2.05. The van der Waals surface area contributed by atoms with E-state index in [4.69, 9.17) is 0 Å². The van der Waals surface area contributed by atoms with Crippen LogP contribution in [0, 0.1) is 28.6 Å². The van der Waals surface area contributed by atoms with Crippen molar-refractivity contribution < 1.29 is 5.11 Å². The van der Waals surface area contributed by atoms with Gasteiger partial charge in [-0.15, -0.1) is 0 Å². The molecule has 4 unspecified atom stereocenters. The van der Waals surface area contributed by atoms with Crippen molar-refractivity contribution in [1.29, 1.82) is 0 Å². The Hall–Kier alpha value is -0.560. The smallest absolute Gasteiger partial charge is 0.0551 e. The van der Waals surface area contributed by atoms with E-state index in [0.717, 1.165) is 18.8 Å². The molecular weight excluding hydrogens is 256 g/mol. The fourth-order valence-corrected chi connectivity index (χ4v) is 5.82. The van der Waals surface area contributed by atoms with Crippen molar-refractivity contribution in [3.63, 3.8) is 0 Å². The van der Waals surface area contributed by atoms with Crippen LogP contribution in [0.4, 0.5) is 0 Å². The van der Waals surface area contributed by atoms with E-state index < -0.39 is 0 Å². The molecule has 21 heavy (non-hydrogen) atoms. The molecule has 0 spiro atoms. The zero-order valence-corrected chi connectivity index (χ0v) is 14.4. The Kier molecular flexibility index (Phi) is 3.64. The lowest BCUT2D eigenvalue weighted by atomic mass is 9.47. The lowest BCUT2D eigenvalue weighted by Gasteiger charge is -2.58. The molecule has 118 valence electrons. The van der Waals surface area contributed by atoms with Gasteiger partial charge < -0.3 is 5.11 Å². The average Bonchev–Trinajstić information content (AvgIpc) is 2.35. The molecule has 0 aromatic rings. The van der Waals surface area contributed by atoms with Crippen molar-refractivity contribution in [1.82, 2.24) is 0 Å². The standard InChI is InChI=1S/C20H32O/c1-13(2)14-6-8-17-15(10-14)7-9-18-19(3,4)11-16(21)12-20(17,18)5/h7,10,13,16-18,21H,6,8-9,11-12H2,1-5H3. The Labute approximate surface area is 130 Å². The number of aliphatic hydroxyl groups is 1. The van der Waals surface area contributed by atoms with Crippen LogP contribution in [0.3, 0.4) is 0 Å². The molecule has 0 amide bonds. The number of fused-ring (bicyclic) bond motifs is 3. The normalized spacial score (nSPS) is 42.0. The molecule has 3 rings (SSSR count). The van der Waals surface area contributed by atoms with Crippen molar-refractivity contribution in [3.05, 3.63) is 23.3 Å². The van der Waals surface area contributed by atoms with E-state index in [1.54, 1.807) is 11.1 Å². The van der Waals surface area contributed by atoms with E-state index in [0.29, 0.717) is 11.8 Å². The quantitative estimate of drug-likeness (QED) is 0.710. The fraction of sp³-hybridized carbons (Fsp3) is 0.800. The summed E-state index contributed by atoms with van der Waals surface area (Å²) in [6, 6.07) is 0. The predicted molar refractivity (Wildman–Crippen MR) is 89.0 cm³/mol. The van der Waals surface area contributed by atoms with Crippen molar-refractivity contribution in [3.8, 4) is 0 Å². The van der Waals surface area contributed by atoms with Crippen LogP contribution in [0.2, 0.25) is 0 Å². The Balaban J connectivity index is 1.99. The van der Waals surface area contributed by atoms with E-state index in [1.165, 1.54) is 19.3 Å². The minimum Gasteiger partial charge on any atom is -0.393 e. The molecule has 0 aromatic carbocycles. The van der Waals surface area contributed by atoms with Gasteiger partial charge in [-0.1, -0.05) is 52.3 Å². The summed E-state index contributed by atoms with van der Waals surface area (Å²) in [7, 11) is 0. The van der Waals surface area contributed by atoms with Crippen LogP contribution >= 0.6 is 0 Å². The van der Waals surface area contributed by atoms with Gasteiger partial charge in [-0.25, -0.2) is 0 Å². The third-order valence-corrected chi connectivity index (χ3v) is 6.78. The van der Waals surface area contributed by atoms with E-state index in [1.807, 2.05) is 0 Å². The summed E-state index contributed by atoms with van der Waals surface area (Å²) >= 11 is 0. The molecule has 0 aromatic heterocycles. The first kappa shape index (κ1) is 15.3. The monoisotopic (exact) mass is 288 g/mol. The molecule has 0 heterocycles. The van der Waals surface area contributed by atoms with Crippen LogP contribution in [-0.4, -0.2) is 11.2 Å². The van der Waals surface area contributed by atoms with E-state index in [2.05, 4.69) is 46.8 Å². The van der Waals surface area contributed by atoms with Gasteiger partial charge in [0.1, 0.15) is 0 Å². The van der Waals surface area contributed by atoms with Gasteiger partial charge in [0.15, 0.2) is 0 Å². The summed E-state index contributed by atoms with van der Waals surface area (Å²) in [6.07, 6.45) is 10.6. The molecule has 4 atom stereocenters. The molecule has 1 heteroatoms. The fourth-order valence-electron chi connectivity index (χ4n) is 5.82. The van der Waals surface area contributed by atoms with Gasteiger partial charge in [-0.2, -0.15) is 0 Å². The Morgan fingerprint density at radius 3 is 2.57 bits per heavy atom. The zero-order chi connectivity index (χ0) is 15.4. The van der Waals surface area contributed by atoms with Crippen molar-refractivity contribution in [2.75, 3.05) is 0 Å². The third-order valence-electron chi connectivity index (χ3n) is 6.78. The molecule has 1 N–H and O–H groups in total. The van der Waals surface area contributed by atoms with Crippen LogP contribution in [0.15, 0.2) is 23.3 Å². The SMILES string of the molecule is CC(C)C1=CC2=CCC3C(C)(C)CC(O)CC3(C)C2CC1. The number of aliphatic hydroxyl groups excluding tert-OH is 1. The van der Waals surface area contributed by atoms with Gasteiger partial charge in [0.05, 0.1) is 6.10 Å². The largest absolute Gasteiger partial charge is 0.393 e. The molecule has 1 saturated carbocycles. The van der Waals surface area contributed by atoms with E-state index in [9.17, 15) is 5.11 Å². The van der Waals surface area contributed by atoms with Crippen LogP contribution in [-0.2, 0) is 0 Å². The number of hydrogen-bond acceptors (Lipinski definition) is 1. The lowest BCUT2D eigenvalue weighted by molar-refractivity contribution is -0.0951. The van der Waals surface area contributed by atoms with Crippen molar-refractivity contribution in [2.45, 2.75) is 72.8 Å². The average molecular weight is 288 g/mol. The summed E-state index contributed by atoms with van der Waals surface area (Å²) in [5.41, 5.74) is 3.74. The molecule has 0 bridgehead atoms. The highest BCUT2D eigenvalue weighted by Crippen LogP contribution is 2.61. The molecule has 0 aliphatic heterocycles. The summed E-state index contributed by atoms with van der Waals surface area (Å²) in [5, 5.41) is 10.4. The van der Waals surface area contributed by atoms with E-state index in [-0.39, 0.29) is 16.9 Å². The van der Waals surface area contributed by atoms with Gasteiger partial charge in [0.2, 0.25) is 0 Å². The first-order chi connectivity index (χ1) is 9.74. The maximum Gasteiger partial charge on any atom is 0.0551 e. The molecule has 0 saturated heterocycles. The Morgan fingerprint density at radius 2 is 1.90 bits per heavy atom. The minimum absolute atomic E-state index is 0.115. The zero-order valence-electron chi connectivity index (χ0n) is 14.4. The van der Waals surface area contributed by atoms with Gasteiger partial charge in [-0.3, -0.25) is 0 Å². The molecule has 0 radical (unpaired) electrons. The third kappa shape index (κ3) is 2.42. The second kappa shape index (κ2) is 4.98. The molecule has 1 fully saturated rings. The Morgan fingerprint density at radius 1 is 1.19 bits per heavy atom. The molecule has 3 aliphatic carbocycles. The highest BCUT2D eigenvalue weighted by Gasteiger charge is 2.54. The molecular formula is C20H32O. The number of allylic oxidation sites excluding steroid dienone is 4. The topological polar surface area (TPSA) is 20.2 Å². The maximum atomic E-state index is 10.4. The highest BCUT2D eigenvalue weighted by molar-refractivity contribution is 5.35. The van der Waals surface area contributed by atoms with Gasteiger partial charge in [0, 0.05) is 0 Å². The number of hydrogen-bond donors (Lipinski definition) is 1. The second-order valence-corrected chi connectivity index (χ2v) is 9.01. The van der Waals surface area contributed by atoms with E-state index >= 15 is 0 Å². The first-order valence-corrected chi connectivity index (χ1v) is 8.82. The van der Waals surface area contributed by atoms with Crippen molar-refractivity contribution in [2.24, 2.45) is 28.6 Å². The van der Waals surface area contributed by atoms with Gasteiger partial charge >= 0.3 is 0 Å². The first-order valence-electron chi connectivity index (χ1n) is 8.82.